The van der Waals surface area contributed by atoms with Gasteiger partial charge in [-0.3, -0.25) is 20.6 Å². The van der Waals surface area contributed by atoms with Crippen LogP contribution in [0.2, 0.25) is 0 Å². The Morgan fingerprint density at radius 2 is 2.04 bits per heavy atom. The van der Waals surface area contributed by atoms with Crippen molar-refractivity contribution in [2.45, 2.75) is 39.2 Å². The highest BCUT2D eigenvalue weighted by atomic mass is 32.2. The topological polar surface area (TPSA) is 65.5 Å². The largest absolute Gasteiger partial charge is 0.326 e. The zero-order chi connectivity index (χ0) is 16.2. The van der Waals surface area contributed by atoms with E-state index < -0.39 is 0 Å². The molecule has 6 heteroatoms. The zero-order valence-electron chi connectivity index (χ0n) is 13.4. The van der Waals surface area contributed by atoms with Crippen LogP contribution in [0.5, 0.6) is 0 Å². The van der Waals surface area contributed by atoms with Crippen LogP contribution >= 0.6 is 11.8 Å². The third-order valence-electron chi connectivity index (χ3n) is 3.51. The third-order valence-corrected chi connectivity index (χ3v) is 4.30. The minimum Gasteiger partial charge on any atom is -0.326 e. The molecule has 122 valence electrons. The van der Waals surface area contributed by atoms with E-state index in [0.29, 0.717) is 18.4 Å². The maximum absolute atomic E-state index is 11.8. The normalized spacial score (nSPS) is 19.1. The van der Waals surface area contributed by atoms with Crippen LogP contribution in [0, 0.1) is 5.92 Å². The predicted molar refractivity (Wildman–Crippen MR) is 96.8 cm³/mol. The molecular weight excluding hydrogens is 308 g/mol. The molecule has 1 saturated carbocycles. The monoisotopic (exact) mass is 330 g/mol. The highest BCUT2D eigenvalue weighted by Gasteiger charge is 2.22. The number of anilines is 1. The fourth-order valence-electron chi connectivity index (χ4n) is 2.18. The molecule has 1 aromatic rings. The first-order valence-electron chi connectivity index (χ1n) is 7.97. The van der Waals surface area contributed by atoms with Crippen molar-refractivity contribution in [3.63, 3.8) is 0 Å². The van der Waals surface area contributed by atoms with Gasteiger partial charge >= 0.3 is 0 Å². The van der Waals surface area contributed by atoms with Crippen molar-refractivity contribution in [3.05, 3.63) is 35.2 Å². The Morgan fingerprint density at radius 1 is 1.30 bits per heavy atom. The van der Waals surface area contributed by atoms with Crippen LogP contribution in [0.4, 0.5) is 5.69 Å². The summed E-state index contributed by atoms with van der Waals surface area (Å²) in [4.78, 5) is 16.3. The smallest absolute Gasteiger partial charge is 0.224 e. The quantitative estimate of drug-likeness (QED) is 0.775. The molecule has 0 bridgehead atoms. The third kappa shape index (κ3) is 4.76. The molecule has 1 amide bonds. The zero-order valence-corrected chi connectivity index (χ0v) is 14.2. The van der Waals surface area contributed by atoms with E-state index in [1.165, 1.54) is 12.8 Å². The highest BCUT2D eigenvalue weighted by Crippen LogP contribution is 2.27. The molecule has 1 aromatic carbocycles. The molecule has 3 N–H and O–H groups in total. The van der Waals surface area contributed by atoms with Gasteiger partial charge in [-0.25, -0.2) is 0 Å². The molecule has 23 heavy (non-hydrogen) atoms. The Labute approximate surface area is 141 Å². The summed E-state index contributed by atoms with van der Waals surface area (Å²) in [6.45, 7) is 4.07. The van der Waals surface area contributed by atoms with E-state index in [-0.39, 0.29) is 5.91 Å². The molecule has 0 saturated heterocycles. The lowest BCUT2D eigenvalue weighted by Gasteiger charge is -2.19. The van der Waals surface area contributed by atoms with E-state index in [4.69, 9.17) is 0 Å². The first-order chi connectivity index (χ1) is 11.1. The Morgan fingerprint density at radius 3 is 2.61 bits per heavy atom. The lowest BCUT2D eigenvalue weighted by Crippen LogP contribution is -2.37. The minimum atomic E-state index is 0.0564. The molecule has 3 rings (SSSR count). The van der Waals surface area contributed by atoms with E-state index in [1.54, 1.807) is 11.8 Å². The molecule has 0 radical (unpaired) electrons. The van der Waals surface area contributed by atoms with Gasteiger partial charge in [0.1, 0.15) is 0 Å². The van der Waals surface area contributed by atoms with Crippen LogP contribution in [0.15, 0.2) is 34.7 Å². The Kier molecular flexibility index (Phi) is 4.91. The Balaban J connectivity index is 1.59. The summed E-state index contributed by atoms with van der Waals surface area (Å²) in [7, 11) is 0. The molecule has 0 spiro atoms. The van der Waals surface area contributed by atoms with Gasteiger partial charge in [-0.2, -0.15) is 0 Å². The van der Waals surface area contributed by atoms with Crippen LogP contribution in [0.1, 0.15) is 38.7 Å². The van der Waals surface area contributed by atoms with E-state index >= 15 is 0 Å². The fourth-order valence-corrected chi connectivity index (χ4v) is 2.93. The molecule has 0 aromatic heterocycles. The van der Waals surface area contributed by atoms with Crippen molar-refractivity contribution < 1.29 is 4.79 Å². The van der Waals surface area contributed by atoms with Gasteiger partial charge in [-0.05, 0) is 30.9 Å². The average Bonchev–Trinajstić information content (AvgIpc) is 3.32. The Hall–Kier alpha value is -1.95. The van der Waals surface area contributed by atoms with E-state index in [0.717, 1.165) is 22.1 Å². The molecule has 2 aliphatic rings. The number of thioether (sulfide) groups is 1. The van der Waals surface area contributed by atoms with E-state index in [2.05, 4.69) is 26.6 Å². The first-order valence-corrected chi connectivity index (χ1v) is 8.85. The number of nitrogens with zero attached hydrogens (tertiary/aromatic N) is 1. The SMILES string of the molecule is CC(C)CC(=O)Nc1ccc(C2=CSC(=NC3CC3)NN2)cc1. The van der Waals surface area contributed by atoms with Crippen LogP contribution < -0.4 is 16.2 Å². The van der Waals surface area contributed by atoms with E-state index in [1.807, 2.05) is 38.1 Å². The first kappa shape index (κ1) is 15.9. The number of amides is 1. The fraction of sp³-hybridized carbons (Fsp3) is 0.412. The molecule has 1 aliphatic heterocycles. The number of carbonyl (C=O) groups excluding carboxylic acids is 1. The maximum Gasteiger partial charge on any atom is 0.224 e. The summed E-state index contributed by atoms with van der Waals surface area (Å²) in [5, 5.41) is 5.90. The summed E-state index contributed by atoms with van der Waals surface area (Å²) in [5.74, 6) is 0.418. The minimum absolute atomic E-state index is 0.0564. The number of amidine groups is 1. The number of nitrogens with one attached hydrogen (secondary N) is 3. The second kappa shape index (κ2) is 7.08. The lowest BCUT2D eigenvalue weighted by atomic mass is 10.1. The van der Waals surface area contributed by atoms with Gasteiger partial charge in [0.05, 0.1) is 11.7 Å². The van der Waals surface area contributed by atoms with Crippen molar-refractivity contribution in [1.29, 1.82) is 0 Å². The number of hydrogen-bond acceptors (Lipinski definition) is 4. The van der Waals surface area contributed by atoms with Crippen molar-refractivity contribution in [2.24, 2.45) is 10.9 Å². The molecule has 1 fully saturated rings. The summed E-state index contributed by atoms with van der Waals surface area (Å²) in [5.41, 5.74) is 9.21. The van der Waals surface area contributed by atoms with E-state index in [9.17, 15) is 4.79 Å². The molecule has 1 aliphatic carbocycles. The molecule has 5 nitrogen and oxygen atoms in total. The van der Waals surface area contributed by atoms with Gasteiger partial charge in [0.15, 0.2) is 5.17 Å². The van der Waals surface area contributed by atoms with Gasteiger partial charge in [-0.1, -0.05) is 37.7 Å². The Bertz CT molecular complexity index is 632. The average molecular weight is 330 g/mol. The molecule has 0 atom stereocenters. The highest BCUT2D eigenvalue weighted by molar-refractivity contribution is 8.16. The van der Waals surface area contributed by atoms with Crippen LogP contribution in [-0.4, -0.2) is 17.1 Å². The van der Waals surface area contributed by atoms with Gasteiger partial charge in [0, 0.05) is 23.1 Å². The number of rotatable bonds is 5. The van der Waals surface area contributed by atoms with Crippen LogP contribution in [0.25, 0.3) is 5.70 Å². The number of benzene rings is 1. The molecule has 1 heterocycles. The van der Waals surface area contributed by atoms with Crippen molar-refractivity contribution >= 4 is 34.2 Å². The van der Waals surface area contributed by atoms with Crippen molar-refractivity contribution in [3.8, 4) is 0 Å². The number of hydrazine groups is 1. The van der Waals surface area contributed by atoms with Crippen molar-refractivity contribution in [2.75, 3.05) is 5.32 Å². The predicted octanol–water partition coefficient (Wildman–Crippen LogP) is 3.33. The maximum atomic E-state index is 11.8. The van der Waals surface area contributed by atoms with Gasteiger partial charge in [-0.15, -0.1) is 0 Å². The molecule has 0 unspecified atom stereocenters. The summed E-state index contributed by atoms with van der Waals surface area (Å²) in [6, 6.07) is 8.35. The lowest BCUT2D eigenvalue weighted by molar-refractivity contribution is -0.116. The number of aliphatic imine (C=N–C) groups is 1. The summed E-state index contributed by atoms with van der Waals surface area (Å²) < 4.78 is 0. The second-order valence-corrected chi connectivity index (χ2v) is 7.15. The number of carbonyl (C=O) groups is 1. The van der Waals surface area contributed by atoms with Gasteiger partial charge < -0.3 is 5.32 Å². The summed E-state index contributed by atoms with van der Waals surface area (Å²) in [6.07, 6.45) is 2.94. The second-order valence-electron chi connectivity index (χ2n) is 6.29. The summed E-state index contributed by atoms with van der Waals surface area (Å²) >= 11 is 1.60. The van der Waals surface area contributed by atoms with Gasteiger partial charge in [0.25, 0.3) is 0 Å². The van der Waals surface area contributed by atoms with Crippen LogP contribution in [0.3, 0.4) is 0 Å². The van der Waals surface area contributed by atoms with Gasteiger partial charge in [0.2, 0.25) is 5.91 Å². The van der Waals surface area contributed by atoms with Crippen molar-refractivity contribution in [1.82, 2.24) is 10.9 Å². The van der Waals surface area contributed by atoms with Crippen LogP contribution in [-0.2, 0) is 4.79 Å². The standard InChI is InChI=1S/C17H22N4OS/c1-11(2)9-16(22)18-13-5-3-12(4-6-13)15-10-23-17(21-20-15)19-14-7-8-14/h3-6,10-11,14,20H,7-9H2,1-2H3,(H,18,22)(H,19,21). The molecular formula is C17H22N4OS. The number of hydrogen-bond donors (Lipinski definition) is 3.